The Bertz CT molecular complexity index is 884. The summed E-state index contributed by atoms with van der Waals surface area (Å²) in [5.74, 6) is 2.87. The largest absolute Gasteiger partial charge is 0.462 e. The number of fused-ring (bicyclic) bond motifs is 3. The molecule has 5 heteroatoms. The normalized spacial score (nSPS) is 50.0. The minimum Gasteiger partial charge on any atom is -0.462 e. The van der Waals surface area contributed by atoms with E-state index >= 15 is 0 Å². The van der Waals surface area contributed by atoms with Crippen molar-refractivity contribution in [3.05, 3.63) is 0 Å². The monoisotopic (exact) mass is 488 g/mol. The van der Waals surface area contributed by atoms with Crippen LogP contribution in [0.5, 0.6) is 0 Å². The fraction of sp³-hybridized carbons (Fsp3) is 0.933. The van der Waals surface area contributed by atoms with Crippen molar-refractivity contribution >= 4 is 11.8 Å². The fourth-order valence-electron chi connectivity index (χ4n) is 9.74. The molecule has 0 amide bonds. The lowest BCUT2D eigenvalue weighted by molar-refractivity contribution is -0.217. The third kappa shape index (κ3) is 3.53. The second-order valence-corrected chi connectivity index (χ2v) is 14.1. The van der Waals surface area contributed by atoms with Crippen molar-refractivity contribution < 1.29 is 24.2 Å². The van der Waals surface area contributed by atoms with Gasteiger partial charge in [-0.25, -0.2) is 0 Å². The molecule has 0 aromatic carbocycles. The smallest absolute Gasteiger partial charge is 0.302 e. The van der Waals surface area contributed by atoms with Crippen LogP contribution in [0.15, 0.2) is 0 Å². The summed E-state index contributed by atoms with van der Waals surface area (Å²) in [6.07, 6.45) is 7.57. The lowest BCUT2D eigenvalue weighted by Gasteiger charge is -2.61. The average Bonchev–Trinajstić information content (AvgIpc) is 3.37. The number of ketones is 1. The van der Waals surface area contributed by atoms with Crippen LogP contribution < -0.4 is 0 Å². The van der Waals surface area contributed by atoms with Crippen molar-refractivity contribution in [1.82, 2.24) is 0 Å². The lowest BCUT2D eigenvalue weighted by atomic mass is 9.42. The standard InChI is InChI=1S/C30H48O5/c1-17(2)18(3)8-9-19(4)22-10-11-23-26-24(32)15-29(33)14-21(34-20(5)31)12-13-28(29,7)30(26)25(35-30)16-27(22,23)6/h17-19,21-23,25-26,33H,8-16H2,1-7H3. The Balaban J connectivity index is 1.39. The van der Waals surface area contributed by atoms with E-state index in [-0.39, 0.29) is 41.7 Å². The van der Waals surface area contributed by atoms with E-state index in [9.17, 15) is 14.7 Å². The fourth-order valence-corrected chi connectivity index (χ4v) is 9.74. The second kappa shape index (κ2) is 8.28. The predicted octanol–water partition coefficient (Wildman–Crippen LogP) is 5.71. The first-order valence-corrected chi connectivity index (χ1v) is 14.4. The van der Waals surface area contributed by atoms with Gasteiger partial charge in [-0.3, -0.25) is 9.59 Å². The molecule has 0 aromatic rings. The van der Waals surface area contributed by atoms with E-state index in [1.54, 1.807) is 0 Å². The number of carbonyl (C=O) groups is 2. The second-order valence-electron chi connectivity index (χ2n) is 14.1. The summed E-state index contributed by atoms with van der Waals surface area (Å²) < 4.78 is 12.2. The van der Waals surface area contributed by atoms with Crippen LogP contribution >= 0.6 is 0 Å². The van der Waals surface area contributed by atoms with Gasteiger partial charge in [0.25, 0.3) is 0 Å². The zero-order chi connectivity index (χ0) is 25.6. The Kier molecular flexibility index (Phi) is 6.08. The number of ether oxygens (including phenoxy) is 2. The molecule has 5 aliphatic rings. The van der Waals surface area contributed by atoms with Crippen molar-refractivity contribution in [2.24, 2.45) is 46.3 Å². The van der Waals surface area contributed by atoms with Crippen LogP contribution in [0, 0.1) is 46.3 Å². The Morgan fingerprint density at radius 2 is 1.83 bits per heavy atom. The molecule has 1 N–H and O–H groups in total. The van der Waals surface area contributed by atoms with Crippen molar-refractivity contribution in [2.75, 3.05) is 0 Å². The minimum absolute atomic E-state index is 0.0576. The van der Waals surface area contributed by atoms with Crippen LogP contribution in [-0.2, 0) is 19.1 Å². The highest BCUT2D eigenvalue weighted by Gasteiger charge is 2.84. The maximum Gasteiger partial charge on any atom is 0.302 e. The van der Waals surface area contributed by atoms with Crippen LogP contribution in [0.2, 0.25) is 0 Å². The molecule has 5 fully saturated rings. The molecule has 1 saturated heterocycles. The molecule has 4 aliphatic carbocycles. The SMILES string of the molecule is CC(=O)OC1CCC2(C)C(O)(CC(=O)C3C4CCC(C(C)CCC(C)C(C)C)C4(C)CC4OC432)C1. The third-order valence-corrected chi connectivity index (χ3v) is 12.2. The number of Topliss-reactive ketones (excluding diaryl/α,β-unsaturated/α-hetero) is 1. The van der Waals surface area contributed by atoms with E-state index in [4.69, 9.17) is 9.47 Å². The Hall–Kier alpha value is -0.940. The van der Waals surface area contributed by atoms with Crippen molar-refractivity contribution in [3.8, 4) is 0 Å². The maximum atomic E-state index is 13.9. The van der Waals surface area contributed by atoms with E-state index in [0.29, 0.717) is 24.2 Å². The summed E-state index contributed by atoms with van der Waals surface area (Å²) in [4.78, 5) is 25.5. The third-order valence-electron chi connectivity index (χ3n) is 12.2. The van der Waals surface area contributed by atoms with Crippen molar-refractivity contribution in [3.63, 3.8) is 0 Å². The zero-order valence-corrected chi connectivity index (χ0v) is 23.1. The number of hydrogen-bond acceptors (Lipinski definition) is 5. The predicted molar refractivity (Wildman–Crippen MR) is 135 cm³/mol. The average molecular weight is 489 g/mol. The highest BCUT2D eigenvalue weighted by atomic mass is 16.6. The van der Waals surface area contributed by atoms with Crippen LogP contribution in [0.1, 0.15) is 106 Å². The van der Waals surface area contributed by atoms with E-state index in [2.05, 4.69) is 41.5 Å². The first-order chi connectivity index (χ1) is 16.3. The van der Waals surface area contributed by atoms with Gasteiger partial charge in [0.05, 0.1) is 17.6 Å². The first-order valence-electron chi connectivity index (χ1n) is 14.4. The molecule has 0 radical (unpaired) electrons. The summed E-state index contributed by atoms with van der Waals surface area (Å²) in [5, 5.41) is 12.0. The maximum absolute atomic E-state index is 13.9. The molecular weight excluding hydrogens is 440 g/mol. The highest BCUT2D eigenvalue weighted by Crippen LogP contribution is 2.77. The molecule has 5 nitrogen and oxygen atoms in total. The van der Waals surface area contributed by atoms with Gasteiger partial charge in [0, 0.05) is 25.2 Å². The van der Waals surface area contributed by atoms with E-state index in [1.165, 1.54) is 26.2 Å². The molecule has 5 rings (SSSR count). The molecule has 0 aromatic heterocycles. The van der Waals surface area contributed by atoms with Gasteiger partial charge in [-0.1, -0.05) is 54.4 Å². The quantitative estimate of drug-likeness (QED) is 0.383. The number of aliphatic hydroxyl groups is 1. The zero-order valence-electron chi connectivity index (χ0n) is 23.1. The number of carbonyl (C=O) groups excluding carboxylic acids is 2. The molecule has 11 atom stereocenters. The highest BCUT2D eigenvalue weighted by molar-refractivity contribution is 5.87. The van der Waals surface area contributed by atoms with Gasteiger partial charge in [0.15, 0.2) is 0 Å². The molecule has 198 valence electrons. The minimum atomic E-state index is -1.17. The number of epoxide rings is 1. The van der Waals surface area contributed by atoms with Crippen LogP contribution in [0.3, 0.4) is 0 Å². The number of esters is 1. The van der Waals surface area contributed by atoms with Gasteiger partial charge in [0.2, 0.25) is 0 Å². The number of hydrogen-bond donors (Lipinski definition) is 1. The molecule has 0 bridgehead atoms. The molecule has 4 saturated carbocycles. The van der Waals surface area contributed by atoms with E-state index in [1.807, 2.05) is 0 Å². The summed E-state index contributed by atoms with van der Waals surface area (Å²) in [5.41, 5.74) is -2.05. The summed E-state index contributed by atoms with van der Waals surface area (Å²) in [6.45, 7) is 15.5. The van der Waals surface area contributed by atoms with Crippen LogP contribution in [0.4, 0.5) is 0 Å². The van der Waals surface area contributed by atoms with Gasteiger partial charge >= 0.3 is 5.97 Å². The topological polar surface area (TPSA) is 76.1 Å². The Labute approximate surface area is 212 Å². The molecule has 1 spiro atoms. The molecule has 1 heterocycles. The van der Waals surface area contributed by atoms with Gasteiger partial charge in [-0.15, -0.1) is 0 Å². The summed E-state index contributed by atoms with van der Waals surface area (Å²) in [7, 11) is 0. The van der Waals surface area contributed by atoms with E-state index in [0.717, 1.165) is 37.5 Å². The van der Waals surface area contributed by atoms with Gasteiger partial charge in [-0.05, 0) is 67.1 Å². The van der Waals surface area contributed by atoms with E-state index < -0.39 is 16.6 Å². The molecular formula is C30H48O5. The van der Waals surface area contributed by atoms with Gasteiger partial charge in [0.1, 0.15) is 17.5 Å². The Morgan fingerprint density at radius 1 is 1.11 bits per heavy atom. The molecule has 11 unspecified atom stereocenters. The first kappa shape index (κ1) is 25.7. The van der Waals surface area contributed by atoms with Crippen molar-refractivity contribution in [1.29, 1.82) is 0 Å². The Morgan fingerprint density at radius 3 is 2.49 bits per heavy atom. The molecule has 35 heavy (non-hydrogen) atoms. The number of rotatable bonds is 6. The van der Waals surface area contributed by atoms with Crippen LogP contribution in [-0.4, -0.2) is 40.3 Å². The van der Waals surface area contributed by atoms with Crippen molar-refractivity contribution in [2.45, 2.75) is 130 Å². The summed E-state index contributed by atoms with van der Waals surface area (Å²) in [6, 6.07) is 0. The van der Waals surface area contributed by atoms with Crippen LogP contribution in [0.25, 0.3) is 0 Å². The van der Waals surface area contributed by atoms with Gasteiger partial charge < -0.3 is 14.6 Å². The van der Waals surface area contributed by atoms with Gasteiger partial charge in [-0.2, -0.15) is 0 Å². The summed E-state index contributed by atoms with van der Waals surface area (Å²) >= 11 is 0. The molecule has 1 aliphatic heterocycles. The lowest BCUT2D eigenvalue weighted by Crippen LogP contribution is -2.70.